The maximum Gasteiger partial charge on any atom is 0.262 e. The van der Waals surface area contributed by atoms with Crippen molar-refractivity contribution in [2.24, 2.45) is 5.92 Å². The Labute approximate surface area is 201 Å². The van der Waals surface area contributed by atoms with Crippen LogP contribution in [0.1, 0.15) is 45.1 Å². The maximum atomic E-state index is 13.9. The quantitative estimate of drug-likeness (QED) is 0.366. The molecule has 1 amide bonds. The molecule has 0 aliphatic heterocycles. The number of hydrogen-bond acceptors (Lipinski definition) is 7. The molecule has 34 heavy (non-hydrogen) atoms. The zero-order valence-electron chi connectivity index (χ0n) is 19.6. The summed E-state index contributed by atoms with van der Waals surface area (Å²) < 4.78 is 40.1. The minimum absolute atomic E-state index is 0.0401. The number of ether oxygens (including phenoxy) is 2. The fourth-order valence-corrected chi connectivity index (χ4v) is 6.10. The number of nitrogens with one attached hydrogen (secondary N) is 1. The Hall–Kier alpha value is -2.53. The smallest absolute Gasteiger partial charge is 0.262 e. The highest BCUT2D eigenvalue weighted by molar-refractivity contribution is 7.89. The van der Waals surface area contributed by atoms with Crippen LogP contribution in [0.4, 0.5) is 0 Å². The van der Waals surface area contributed by atoms with E-state index in [-0.39, 0.29) is 23.5 Å². The van der Waals surface area contributed by atoms with E-state index in [9.17, 15) is 18.4 Å². The first-order valence-electron chi connectivity index (χ1n) is 11.6. The molecule has 1 saturated carbocycles. The molecule has 1 aliphatic carbocycles. The van der Waals surface area contributed by atoms with Crippen molar-refractivity contribution < 1.29 is 27.9 Å². The third kappa shape index (κ3) is 6.32. The molecule has 0 bridgehead atoms. The number of rotatable bonds is 11. The number of benzene rings is 1. The van der Waals surface area contributed by atoms with E-state index in [0.717, 1.165) is 12.8 Å². The highest BCUT2D eigenvalue weighted by Crippen LogP contribution is 2.34. The van der Waals surface area contributed by atoms with Crippen molar-refractivity contribution in [3.63, 3.8) is 0 Å². The second-order valence-electron chi connectivity index (χ2n) is 8.22. The number of amides is 1. The Morgan fingerprint density at radius 3 is 2.29 bits per heavy atom. The molecule has 1 aromatic carbocycles. The van der Waals surface area contributed by atoms with Crippen LogP contribution in [0, 0.1) is 5.92 Å². The SMILES string of the molecule is CCOc1ccc(S(=O)(=O)N(Cc2ccncc2)[C@@H](C(=O)NO)[C@H]2CC[C@H](OCC)CC2)cc1. The lowest BCUT2D eigenvalue weighted by atomic mass is 9.82. The van der Waals surface area contributed by atoms with Crippen molar-refractivity contribution >= 4 is 15.9 Å². The molecule has 1 aromatic heterocycles. The van der Waals surface area contributed by atoms with E-state index < -0.39 is 22.0 Å². The van der Waals surface area contributed by atoms with Gasteiger partial charge in [-0.05, 0) is 87.4 Å². The van der Waals surface area contributed by atoms with Crippen LogP contribution >= 0.6 is 0 Å². The van der Waals surface area contributed by atoms with Gasteiger partial charge in [0.25, 0.3) is 5.91 Å². The Kier molecular flexibility index (Phi) is 9.40. The largest absolute Gasteiger partial charge is 0.494 e. The van der Waals surface area contributed by atoms with Gasteiger partial charge in [0.15, 0.2) is 0 Å². The fraction of sp³-hybridized carbons (Fsp3) is 0.500. The predicted octanol–water partition coefficient (Wildman–Crippen LogP) is 3.14. The average molecular weight is 492 g/mol. The highest BCUT2D eigenvalue weighted by atomic mass is 32.2. The normalized spacial score (nSPS) is 19.5. The van der Waals surface area contributed by atoms with Crippen molar-refractivity contribution in [1.82, 2.24) is 14.8 Å². The minimum atomic E-state index is -4.10. The van der Waals surface area contributed by atoms with Crippen LogP contribution in [-0.2, 0) is 26.1 Å². The Morgan fingerprint density at radius 2 is 1.74 bits per heavy atom. The number of sulfonamides is 1. The molecule has 0 saturated heterocycles. The lowest BCUT2D eigenvalue weighted by molar-refractivity contribution is -0.136. The van der Waals surface area contributed by atoms with Gasteiger partial charge in [0.2, 0.25) is 10.0 Å². The minimum Gasteiger partial charge on any atom is -0.494 e. The number of hydrogen-bond donors (Lipinski definition) is 2. The number of aromatic nitrogens is 1. The van der Waals surface area contributed by atoms with Crippen LogP contribution in [0.5, 0.6) is 5.75 Å². The second kappa shape index (κ2) is 12.3. The molecule has 1 heterocycles. The van der Waals surface area contributed by atoms with Gasteiger partial charge in [-0.1, -0.05) is 0 Å². The van der Waals surface area contributed by atoms with Crippen LogP contribution in [-0.4, -0.2) is 54.2 Å². The molecule has 1 fully saturated rings. The summed E-state index contributed by atoms with van der Waals surface area (Å²) in [5.41, 5.74) is 2.39. The molecule has 0 radical (unpaired) electrons. The van der Waals surface area contributed by atoms with Gasteiger partial charge >= 0.3 is 0 Å². The second-order valence-corrected chi connectivity index (χ2v) is 10.1. The summed E-state index contributed by atoms with van der Waals surface area (Å²) in [6.07, 6.45) is 5.90. The molecule has 1 aliphatic rings. The first-order chi connectivity index (χ1) is 16.4. The summed E-state index contributed by atoms with van der Waals surface area (Å²) in [6.45, 7) is 4.81. The third-order valence-electron chi connectivity index (χ3n) is 6.09. The van der Waals surface area contributed by atoms with E-state index in [1.165, 1.54) is 16.4 Å². The monoisotopic (exact) mass is 491 g/mol. The molecule has 2 aromatic rings. The fourth-order valence-electron chi connectivity index (χ4n) is 4.46. The van der Waals surface area contributed by atoms with Gasteiger partial charge in [-0.2, -0.15) is 4.31 Å². The van der Waals surface area contributed by atoms with E-state index in [0.29, 0.717) is 37.4 Å². The number of pyridine rings is 1. The molecule has 9 nitrogen and oxygen atoms in total. The molecular formula is C24H33N3O6S. The maximum absolute atomic E-state index is 13.9. The van der Waals surface area contributed by atoms with Gasteiger partial charge in [-0.3, -0.25) is 15.0 Å². The lowest BCUT2D eigenvalue weighted by Gasteiger charge is -2.38. The molecule has 3 rings (SSSR count). The van der Waals surface area contributed by atoms with Crippen LogP contribution in [0.2, 0.25) is 0 Å². The standard InChI is InChI=1S/C24H33N3O6S/c1-3-32-20-7-5-19(6-8-20)23(24(28)26-29)27(17-18-13-15-25-16-14-18)34(30,31)22-11-9-21(10-12-22)33-4-2/h9-16,19-20,23,29H,3-8,17H2,1-2H3,(H,26,28)/t19-,20-,23-/m1/s1. The van der Waals surface area contributed by atoms with Crippen molar-refractivity contribution in [2.75, 3.05) is 13.2 Å². The topological polar surface area (TPSA) is 118 Å². The van der Waals surface area contributed by atoms with Gasteiger partial charge < -0.3 is 9.47 Å². The number of carbonyl (C=O) groups excluding carboxylic acids is 1. The van der Waals surface area contributed by atoms with Crippen LogP contribution in [0.25, 0.3) is 0 Å². The van der Waals surface area contributed by atoms with Crippen molar-refractivity contribution in [2.45, 2.75) is 63.1 Å². The zero-order valence-corrected chi connectivity index (χ0v) is 20.4. The third-order valence-corrected chi connectivity index (χ3v) is 7.93. The molecule has 2 N–H and O–H groups in total. The molecule has 186 valence electrons. The first kappa shape index (κ1) is 26.1. The van der Waals surface area contributed by atoms with Gasteiger partial charge in [0.05, 0.1) is 17.6 Å². The van der Waals surface area contributed by atoms with Gasteiger partial charge in [0.1, 0.15) is 11.8 Å². The molecule has 1 atom stereocenters. The number of carbonyl (C=O) groups is 1. The predicted molar refractivity (Wildman–Crippen MR) is 126 cm³/mol. The van der Waals surface area contributed by atoms with Gasteiger partial charge in [0, 0.05) is 25.5 Å². The van der Waals surface area contributed by atoms with Crippen molar-refractivity contribution in [3.05, 3.63) is 54.4 Å². The Bertz CT molecular complexity index is 1010. The van der Waals surface area contributed by atoms with Crippen molar-refractivity contribution in [3.8, 4) is 5.75 Å². The first-order valence-corrected chi connectivity index (χ1v) is 13.0. The van der Waals surface area contributed by atoms with Gasteiger partial charge in [-0.25, -0.2) is 13.9 Å². The lowest BCUT2D eigenvalue weighted by Crippen LogP contribution is -2.53. The van der Waals surface area contributed by atoms with E-state index >= 15 is 0 Å². The summed E-state index contributed by atoms with van der Waals surface area (Å²) in [4.78, 5) is 17.0. The van der Waals surface area contributed by atoms with Crippen LogP contribution in [0.3, 0.4) is 0 Å². The summed E-state index contributed by atoms with van der Waals surface area (Å²) in [6, 6.07) is 8.46. The van der Waals surface area contributed by atoms with Crippen molar-refractivity contribution in [1.29, 1.82) is 0 Å². The number of nitrogens with zero attached hydrogens (tertiary/aromatic N) is 2. The molecule has 0 unspecified atom stereocenters. The Balaban J connectivity index is 1.99. The Morgan fingerprint density at radius 1 is 1.09 bits per heavy atom. The highest BCUT2D eigenvalue weighted by Gasteiger charge is 2.42. The van der Waals surface area contributed by atoms with E-state index in [2.05, 4.69) is 4.98 Å². The van der Waals surface area contributed by atoms with E-state index in [1.54, 1.807) is 42.1 Å². The molecule has 0 spiro atoms. The molecular weight excluding hydrogens is 458 g/mol. The number of hydroxylamine groups is 1. The zero-order chi connectivity index (χ0) is 24.6. The van der Waals surface area contributed by atoms with Crippen LogP contribution < -0.4 is 10.2 Å². The summed E-state index contributed by atoms with van der Waals surface area (Å²) in [7, 11) is -4.10. The van der Waals surface area contributed by atoms with E-state index in [1.807, 2.05) is 13.8 Å². The summed E-state index contributed by atoms with van der Waals surface area (Å²) in [5.74, 6) is -0.465. The molecule has 10 heteroatoms. The van der Waals surface area contributed by atoms with Crippen LogP contribution in [0.15, 0.2) is 53.7 Å². The summed E-state index contributed by atoms with van der Waals surface area (Å²) >= 11 is 0. The van der Waals surface area contributed by atoms with E-state index in [4.69, 9.17) is 9.47 Å². The van der Waals surface area contributed by atoms with Gasteiger partial charge in [-0.15, -0.1) is 0 Å². The summed E-state index contributed by atoms with van der Waals surface area (Å²) in [5, 5.41) is 9.55. The average Bonchev–Trinajstić information content (AvgIpc) is 2.86.